The van der Waals surface area contributed by atoms with Crippen molar-refractivity contribution in [2.75, 3.05) is 40.6 Å². The molecule has 136 valence electrons. The maximum atomic E-state index is 6.29. The summed E-state index contributed by atoms with van der Waals surface area (Å²) < 4.78 is 39.0. The lowest BCUT2D eigenvalue weighted by molar-refractivity contribution is -0.175. The van der Waals surface area contributed by atoms with Crippen LogP contribution in [0.15, 0.2) is 0 Å². The summed E-state index contributed by atoms with van der Waals surface area (Å²) in [5.41, 5.74) is 0. The fourth-order valence-corrected chi connectivity index (χ4v) is 2.57. The van der Waals surface area contributed by atoms with E-state index in [0.717, 1.165) is 0 Å². The topological polar surface area (TPSA) is 71.2 Å². The van der Waals surface area contributed by atoms with Crippen molar-refractivity contribution >= 4 is 0 Å². The second-order valence-corrected chi connectivity index (χ2v) is 5.67. The molecule has 0 bridgehead atoms. The van der Waals surface area contributed by atoms with Gasteiger partial charge in [-0.05, 0) is 13.8 Å². The molecular weight excluding hydrogens is 304 g/mol. The fraction of sp³-hybridized carbons (Fsp3) is 1.00. The summed E-state index contributed by atoms with van der Waals surface area (Å²) in [5.74, 6) is 0. The summed E-state index contributed by atoms with van der Waals surface area (Å²) in [6.07, 6.45) is 0.708. The standard InChI is InChI=1S/C16H30O7/c1-5-19-15(17-3)7-11(13-9-21-13)23-12(14-10-22-14)8-16(18-4)20-6-2/h11-16H,5-10H2,1-4H3. The van der Waals surface area contributed by atoms with Crippen LogP contribution in [0.4, 0.5) is 0 Å². The number of ether oxygens (including phenoxy) is 7. The molecule has 0 aromatic carbocycles. The first kappa shape index (κ1) is 19.1. The van der Waals surface area contributed by atoms with Gasteiger partial charge in [0.05, 0.1) is 25.4 Å². The van der Waals surface area contributed by atoms with Gasteiger partial charge in [0.25, 0.3) is 0 Å². The maximum Gasteiger partial charge on any atom is 0.159 e. The minimum absolute atomic E-state index is 0.0835. The summed E-state index contributed by atoms with van der Waals surface area (Å²) in [7, 11) is 3.28. The highest BCUT2D eigenvalue weighted by Crippen LogP contribution is 2.29. The molecule has 23 heavy (non-hydrogen) atoms. The third kappa shape index (κ3) is 6.62. The van der Waals surface area contributed by atoms with Crippen LogP contribution in [0.2, 0.25) is 0 Å². The molecule has 0 aromatic heterocycles. The van der Waals surface area contributed by atoms with Crippen LogP contribution in [0.5, 0.6) is 0 Å². The van der Waals surface area contributed by atoms with Gasteiger partial charge >= 0.3 is 0 Å². The van der Waals surface area contributed by atoms with Gasteiger partial charge in [-0.1, -0.05) is 0 Å². The summed E-state index contributed by atoms with van der Waals surface area (Å²) in [6, 6.07) is 0. The molecule has 0 aliphatic carbocycles. The Bertz CT molecular complexity index is 290. The predicted octanol–water partition coefficient (Wildman–Crippen LogP) is 1.34. The monoisotopic (exact) mass is 334 g/mol. The summed E-state index contributed by atoms with van der Waals surface area (Å²) in [5, 5.41) is 0. The number of epoxide rings is 2. The Kier molecular flexibility index (Phi) is 8.18. The van der Waals surface area contributed by atoms with E-state index in [0.29, 0.717) is 39.3 Å². The van der Waals surface area contributed by atoms with E-state index in [1.165, 1.54) is 0 Å². The first-order valence-electron chi connectivity index (χ1n) is 8.39. The first-order valence-corrected chi connectivity index (χ1v) is 8.39. The minimum atomic E-state index is -0.292. The van der Waals surface area contributed by atoms with Gasteiger partial charge in [-0.15, -0.1) is 0 Å². The minimum Gasteiger partial charge on any atom is -0.370 e. The molecule has 0 amide bonds. The summed E-state index contributed by atoms with van der Waals surface area (Å²) in [6.45, 7) is 6.52. The van der Waals surface area contributed by atoms with Crippen LogP contribution in [-0.4, -0.2) is 77.6 Å². The van der Waals surface area contributed by atoms with Crippen molar-refractivity contribution in [3.05, 3.63) is 0 Å². The number of hydrogen-bond donors (Lipinski definition) is 0. The van der Waals surface area contributed by atoms with Crippen LogP contribution in [-0.2, 0) is 33.2 Å². The second kappa shape index (κ2) is 9.88. The van der Waals surface area contributed by atoms with Gasteiger partial charge in [-0.2, -0.15) is 0 Å². The van der Waals surface area contributed by atoms with Crippen molar-refractivity contribution in [1.29, 1.82) is 0 Å². The number of rotatable bonds is 14. The van der Waals surface area contributed by atoms with Crippen LogP contribution in [0.1, 0.15) is 26.7 Å². The van der Waals surface area contributed by atoms with Crippen molar-refractivity contribution in [2.45, 2.75) is 63.7 Å². The van der Waals surface area contributed by atoms with Crippen LogP contribution >= 0.6 is 0 Å². The fourth-order valence-electron chi connectivity index (χ4n) is 2.57. The zero-order chi connectivity index (χ0) is 16.7. The zero-order valence-corrected chi connectivity index (χ0v) is 14.6. The second-order valence-electron chi connectivity index (χ2n) is 5.67. The van der Waals surface area contributed by atoms with E-state index in [4.69, 9.17) is 33.2 Å². The van der Waals surface area contributed by atoms with E-state index >= 15 is 0 Å². The lowest BCUT2D eigenvalue weighted by atomic mass is 10.1. The number of methoxy groups -OCH3 is 2. The molecule has 0 aromatic rings. The lowest BCUT2D eigenvalue weighted by Gasteiger charge is -2.28. The van der Waals surface area contributed by atoms with Gasteiger partial charge in [0.2, 0.25) is 0 Å². The molecule has 0 saturated carbocycles. The molecule has 2 aliphatic rings. The highest BCUT2D eigenvalue weighted by atomic mass is 16.7. The molecule has 2 saturated heterocycles. The molecule has 0 N–H and O–H groups in total. The Morgan fingerprint density at radius 3 is 1.48 bits per heavy atom. The molecular formula is C16H30O7. The van der Waals surface area contributed by atoms with Crippen LogP contribution in [0.3, 0.4) is 0 Å². The van der Waals surface area contributed by atoms with Gasteiger partial charge in [-0.3, -0.25) is 0 Å². The molecule has 7 nitrogen and oxygen atoms in total. The Hall–Kier alpha value is -0.280. The summed E-state index contributed by atoms with van der Waals surface area (Å²) in [4.78, 5) is 0. The van der Waals surface area contributed by atoms with E-state index in [-0.39, 0.29) is 37.0 Å². The van der Waals surface area contributed by atoms with Crippen molar-refractivity contribution in [3.8, 4) is 0 Å². The quantitative estimate of drug-likeness (QED) is 0.351. The van der Waals surface area contributed by atoms with E-state index in [1.807, 2.05) is 13.8 Å². The highest BCUT2D eigenvalue weighted by molar-refractivity contribution is 4.87. The highest BCUT2D eigenvalue weighted by Gasteiger charge is 2.42. The average Bonchev–Trinajstić information content (AvgIpc) is 3.42. The van der Waals surface area contributed by atoms with E-state index in [1.54, 1.807) is 14.2 Å². The molecule has 2 fully saturated rings. The molecule has 2 rings (SSSR count). The Labute approximate surface area is 138 Å². The van der Waals surface area contributed by atoms with Gasteiger partial charge in [0, 0.05) is 40.3 Å². The van der Waals surface area contributed by atoms with E-state index in [2.05, 4.69) is 0 Å². The Morgan fingerprint density at radius 1 is 0.826 bits per heavy atom. The van der Waals surface area contributed by atoms with Gasteiger partial charge in [-0.25, -0.2) is 0 Å². The summed E-state index contributed by atoms with van der Waals surface area (Å²) >= 11 is 0. The largest absolute Gasteiger partial charge is 0.370 e. The maximum absolute atomic E-state index is 6.29. The van der Waals surface area contributed by atoms with Crippen LogP contribution < -0.4 is 0 Å². The molecule has 2 aliphatic heterocycles. The van der Waals surface area contributed by atoms with Crippen LogP contribution in [0.25, 0.3) is 0 Å². The smallest absolute Gasteiger partial charge is 0.159 e. The zero-order valence-electron chi connectivity index (χ0n) is 14.6. The molecule has 2 heterocycles. The van der Waals surface area contributed by atoms with E-state index < -0.39 is 0 Å². The van der Waals surface area contributed by atoms with Crippen molar-refractivity contribution in [2.24, 2.45) is 0 Å². The predicted molar refractivity (Wildman–Crippen MR) is 82.2 cm³/mol. The SMILES string of the molecule is CCOC(CC(OC(CC(OC)OCC)C1CO1)C1CO1)OC. The Balaban J connectivity index is 1.89. The van der Waals surface area contributed by atoms with Crippen LogP contribution in [0, 0.1) is 0 Å². The normalized spacial score (nSPS) is 28.2. The van der Waals surface area contributed by atoms with Crippen molar-refractivity contribution < 1.29 is 33.2 Å². The van der Waals surface area contributed by atoms with Gasteiger partial charge < -0.3 is 33.2 Å². The van der Waals surface area contributed by atoms with Crippen molar-refractivity contribution in [3.63, 3.8) is 0 Å². The molecule has 7 heteroatoms. The lowest BCUT2D eigenvalue weighted by Crippen LogP contribution is -2.37. The first-order chi connectivity index (χ1) is 11.2. The Morgan fingerprint density at radius 2 is 1.22 bits per heavy atom. The van der Waals surface area contributed by atoms with E-state index in [9.17, 15) is 0 Å². The van der Waals surface area contributed by atoms with Gasteiger partial charge in [0.15, 0.2) is 12.6 Å². The molecule has 0 radical (unpaired) electrons. The van der Waals surface area contributed by atoms with Gasteiger partial charge in [0.1, 0.15) is 12.2 Å². The molecule has 6 unspecified atom stereocenters. The third-order valence-corrected chi connectivity index (χ3v) is 3.98. The number of hydrogen-bond acceptors (Lipinski definition) is 7. The molecule has 0 spiro atoms. The third-order valence-electron chi connectivity index (χ3n) is 3.98. The van der Waals surface area contributed by atoms with Crippen molar-refractivity contribution in [1.82, 2.24) is 0 Å². The molecule has 6 atom stereocenters. The average molecular weight is 334 g/mol.